The molecule has 0 N–H and O–H groups in total. The van der Waals surface area contributed by atoms with Crippen molar-refractivity contribution >= 4 is 0 Å². The zero-order valence-corrected chi connectivity index (χ0v) is 20.8. The molecule has 0 aromatic rings. The second-order valence-electron chi connectivity index (χ2n) is 6.33. The Bertz CT molecular complexity index is 848. The first-order valence-electron chi connectivity index (χ1n) is 11.5. The van der Waals surface area contributed by atoms with E-state index in [2.05, 4.69) is 51.6 Å². The van der Waals surface area contributed by atoms with Crippen molar-refractivity contribution in [3.8, 4) is 0 Å². The van der Waals surface area contributed by atoms with Gasteiger partial charge in [-0.25, -0.2) is 0 Å². The molecule has 0 heterocycles. The van der Waals surface area contributed by atoms with Crippen LogP contribution in [0.4, 0.5) is 0 Å². The maximum atomic E-state index is 4.14. The molecule has 0 aromatic carbocycles. The Morgan fingerprint density at radius 3 is 1.42 bits per heavy atom. The van der Waals surface area contributed by atoms with Crippen LogP contribution in [0, 0.1) is 5.41 Å². The van der Waals surface area contributed by atoms with E-state index in [9.17, 15) is 0 Å². The lowest BCUT2D eigenvalue weighted by Gasteiger charge is -2.43. The average Bonchev–Trinajstić information content (AvgIpc) is 3.43. The monoisotopic (exact) mass is 414 g/mol. The lowest BCUT2D eigenvalue weighted by molar-refractivity contribution is 0.642. The SMILES string of the molecule is C=CC1=C(C=C)C2(C3=CCC=C3C1)C(C=C)=C(C=C)C(C=C)=C2C=C.CC.CC.CC. The van der Waals surface area contributed by atoms with Crippen LogP contribution in [-0.2, 0) is 0 Å². The molecule has 0 aromatic heterocycles. The maximum absolute atomic E-state index is 4.14. The van der Waals surface area contributed by atoms with Crippen LogP contribution in [0.2, 0.25) is 0 Å². The summed E-state index contributed by atoms with van der Waals surface area (Å²) in [6.45, 7) is 36.5. The van der Waals surface area contributed by atoms with E-state index in [0.717, 1.165) is 40.7 Å². The fourth-order valence-corrected chi connectivity index (χ4v) is 4.66. The molecule has 0 aliphatic heterocycles. The maximum Gasteiger partial charge on any atom is 0.0715 e. The molecule has 0 nitrogen and oxygen atoms in total. The normalized spacial score (nSPS) is 17.5. The predicted molar refractivity (Wildman–Crippen MR) is 144 cm³/mol. The van der Waals surface area contributed by atoms with Gasteiger partial charge in [-0.1, -0.05) is 130 Å². The summed E-state index contributed by atoms with van der Waals surface area (Å²) in [6.07, 6.45) is 18.1. The van der Waals surface area contributed by atoms with Crippen LogP contribution in [0.25, 0.3) is 0 Å². The van der Waals surface area contributed by atoms with Crippen molar-refractivity contribution in [1.82, 2.24) is 0 Å². The van der Waals surface area contributed by atoms with Crippen molar-refractivity contribution < 1.29 is 0 Å². The molecular weight excluding hydrogens is 372 g/mol. The summed E-state index contributed by atoms with van der Waals surface area (Å²) in [4.78, 5) is 0. The highest BCUT2D eigenvalue weighted by Crippen LogP contribution is 2.63. The van der Waals surface area contributed by atoms with Crippen LogP contribution < -0.4 is 0 Å². The van der Waals surface area contributed by atoms with Crippen molar-refractivity contribution in [2.75, 3.05) is 0 Å². The third kappa shape index (κ3) is 4.30. The molecular formula is C31H42. The van der Waals surface area contributed by atoms with Crippen LogP contribution >= 0.6 is 0 Å². The Kier molecular flexibility index (Phi) is 12.2. The standard InChI is InChI=1S/C25H24.3C2H6/c1-7-17-16-18-14-13-15-24(18)25(21(17)10-4)22(11-5)19(8-2)20(9-3)23(25)12-6;3*1-2/h7-12,14-15H,1-6,13,16H2;3*1-2H3. The van der Waals surface area contributed by atoms with E-state index in [0.29, 0.717) is 0 Å². The van der Waals surface area contributed by atoms with E-state index < -0.39 is 5.41 Å². The van der Waals surface area contributed by atoms with Gasteiger partial charge in [0.05, 0.1) is 5.41 Å². The number of allylic oxidation sites excluding steroid dienone is 16. The minimum absolute atomic E-state index is 0.442. The van der Waals surface area contributed by atoms with Gasteiger partial charge in [0.25, 0.3) is 0 Å². The highest BCUT2D eigenvalue weighted by molar-refractivity contribution is 5.79. The fraction of sp³-hybridized carbons (Fsp3) is 0.290. The van der Waals surface area contributed by atoms with Gasteiger partial charge < -0.3 is 0 Å². The first-order chi connectivity index (χ1) is 15.1. The summed E-state index contributed by atoms with van der Waals surface area (Å²) < 4.78 is 0. The highest BCUT2D eigenvalue weighted by Gasteiger charge is 2.51. The quantitative estimate of drug-likeness (QED) is 0.405. The lowest BCUT2D eigenvalue weighted by Crippen LogP contribution is -2.32. The van der Waals surface area contributed by atoms with E-state index >= 15 is 0 Å². The summed E-state index contributed by atoms with van der Waals surface area (Å²) in [5.41, 5.74) is 8.97. The molecule has 0 saturated heterocycles. The number of hydrogen-bond acceptors (Lipinski definition) is 0. The Morgan fingerprint density at radius 2 is 1.06 bits per heavy atom. The minimum atomic E-state index is -0.442. The minimum Gasteiger partial charge on any atom is -0.0988 e. The molecule has 0 saturated carbocycles. The van der Waals surface area contributed by atoms with Gasteiger partial charge in [-0.3, -0.25) is 0 Å². The molecule has 166 valence electrons. The Hall–Kier alpha value is -2.86. The topological polar surface area (TPSA) is 0 Å². The molecule has 0 atom stereocenters. The van der Waals surface area contributed by atoms with E-state index in [4.69, 9.17) is 0 Å². The number of fused-ring (bicyclic) bond motifs is 2. The molecule has 0 bridgehead atoms. The Morgan fingerprint density at radius 1 is 0.613 bits per heavy atom. The van der Waals surface area contributed by atoms with Crippen molar-refractivity contribution in [2.24, 2.45) is 5.41 Å². The van der Waals surface area contributed by atoms with Crippen LogP contribution in [0.15, 0.2) is 133 Å². The number of rotatable bonds is 6. The van der Waals surface area contributed by atoms with E-state index in [-0.39, 0.29) is 0 Å². The summed E-state index contributed by atoms with van der Waals surface area (Å²) in [6, 6.07) is 0. The van der Waals surface area contributed by atoms with Gasteiger partial charge in [0, 0.05) is 0 Å². The van der Waals surface area contributed by atoms with Crippen molar-refractivity contribution in [2.45, 2.75) is 54.4 Å². The second kappa shape index (κ2) is 13.4. The average molecular weight is 415 g/mol. The second-order valence-corrected chi connectivity index (χ2v) is 6.33. The van der Waals surface area contributed by atoms with E-state index in [1.807, 2.05) is 78.0 Å². The van der Waals surface area contributed by atoms with Gasteiger partial charge >= 0.3 is 0 Å². The molecule has 1 spiro atoms. The summed E-state index contributed by atoms with van der Waals surface area (Å²) in [5, 5.41) is 0. The Labute approximate surface area is 192 Å². The molecule has 3 aliphatic rings. The molecule has 0 radical (unpaired) electrons. The summed E-state index contributed by atoms with van der Waals surface area (Å²) >= 11 is 0. The van der Waals surface area contributed by atoms with Crippen molar-refractivity contribution in [3.05, 3.63) is 133 Å². The molecule has 0 heteroatoms. The van der Waals surface area contributed by atoms with Crippen LogP contribution in [-0.4, -0.2) is 0 Å². The van der Waals surface area contributed by atoms with Gasteiger partial charge in [-0.05, 0) is 57.4 Å². The Balaban J connectivity index is 0.00000138. The third-order valence-electron chi connectivity index (χ3n) is 5.51. The molecule has 0 unspecified atom stereocenters. The van der Waals surface area contributed by atoms with Gasteiger partial charge in [-0.15, -0.1) is 0 Å². The van der Waals surface area contributed by atoms with Gasteiger partial charge in [0.15, 0.2) is 0 Å². The van der Waals surface area contributed by atoms with Crippen LogP contribution in [0.1, 0.15) is 54.4 Å². The highest BCUT2D eigenvalue weighted by atomic mass is 14.5. The largest absolute Gasteiger partial charge is 0.0988 e. The molecule has 3 rings (SSSR count). The smallest absolute Gasteiger partial charge is 0.0715 e. The van der Waals surface area contributed by atoms with Crippen molar-refractivity contribution in [3.63, 3.8) is 0 Å². The summed E-state index contributed by atoms with van der Waals surface area (Å²) in [5.74, 6) is 0. The van der Waals surface area contributed by atoms with Gasteiger partial charge in [0.2, 0.25) is 0 Å². The van der Waals surface area contributed by atoms with E-state index in [1.54, 1.807) is 0 Å². The molecule has 3 aliphatic carbocycles. The lowest BCUT2D eigenvalue weighted by atomic mass is 9.59. The van der Waals surface area contributed by atoms with Gasteiger partial charge in [-0.2, -0.15) is 0 Å². The first-order valence-corrected chi connectivity index (χ1v) is 11.5. The van der Waals surface area contributed by atoms with E-state index in [1.165, 1.54) is 16.7 Å². The predicted octanol–water partition coefficient (Wildman–Crippen LogP) is 9.73. The molecule has 0 fully saturated rings. The molecule has 31 heavy (non-hydrogen) atoms. The summed E-state index contributed by atoms with van der Waals surface area (Å²) in [7, 11) is 0. The third-order valence-corrected chi connectivity index (χ3v) is 5.51. The van der Waals surface area contributed by atoms with Gasteiger partial charge in [0.1, 0.15) is 0 Å². The zero-order chi connectivity index (χ0) is 24.2. The molecule has 0 amide bonds. The zero-order valence-electron chi connectivity index (χ0n) is 20.8. The first kappa shape index (κ1) is 28.1. The van der Waals surface area contributed by atoms with Crippen molar-refractivity contribution in [1.29, 1.82) is 0 Å². The van der Waals surface area contributed by atoms with Crippen LogP contribution in [0.5, 0.6) is 0 Å². The fourth-order valence-electron chi connectivity index (χ4n) is 4.66. The van der Waals surface area contributed by atoms with Crippen LogP contribution in [0.3, 0.4) is 0 Å². The number of hydrogen-bond donors (Lipinski definition) is 0.